The lowest BCUT2D eigenvalue weighted by atomic mass is 10.1. The van der Waals surface area contributed by atoms with E-state index in [2.05, 4.69) is 14.8 Å². The minimum Gasteiger partial charge on any atom is -0.465 e. The molecule has 0 aliphatic rings. The van der Waals surface area contributed by atoms with Crippen LogP contribution in [-0.4, -0.2) is 31.7 Å². The van der Waals surface area contributed by atoms with Crippen LogP contribution < -0.4 is 5.32 Å². The van der Waals surface area contributed by atoms with E-state index in [1.807, 2.05) is 20.8 Å². The van der Waals surface area contributed by atoms with Crippen LogP contribution in [0.4, 0.5) is 5.69 Å². The molecule has 0 spiro atoms. The molecular formula is C14H19NO4. The topological polar surface area (TPSA) is 64.6 Å². The van der Waals surface area contributed by atoms with E-state index in [1.165, 1.54) is 20.3 Å². The molecule has 1 rings (SSSR count). The number of rotatable bonds is 3. The van der Waals surface area contributed by atoms with Crippen molar-refractivity contribution in [3.63, 3.8) is 0 Å². The van der Waals surface area contributed by atoms with Gasteiger partial charge in [0.25, 0.3) is 0 Å². The van der Waals surface area contributed by atoms with Crippen molar-refractivity contribution in [1.29, 1.82) is 0 Å². The average molecular weight is 265 g/mol. The second kappa shape index (κ2) is 5.73. The molecule has 104 valence electrons. The summed E-state index contributed by atoms with van der Waals surface area (Å²) in [5.74, 6) is -0.995. The van der Waals surface area contributed by atoms with Crippen LogP contribution in [0.3, 0.4) is 0 Å². The lowest BCUT2D eigenvalue weighted by Gasteiger charge is -2.22. The number of hydrogen-bond donors (Lipinski definition) is 1. The minimum absolute atomic E-state index is 0.192. The van der Waals surface area contributed by atoms with Gasteiger partial charge < -0.3 is 14.8 Å². The maximum Gasteiger partial charge on any atom is 0.337 e. The zero-order valence-corrected chi connectivity index (χ0v) is 11.9. The van der Waals surface area contributed by atoms with Gasteiger partial charge in [-0.3, -0.25) is 0 Å². The van der Waals surface area contributed by atoms with Crippen LogP contribution in [0, 0.1) is 0 Å². The van der Waals surface area contributed by atoms with Gasteiger partial charge >= 0.3 is 11.9 Å². The molecule has 1 N–H and O–H groups in total. The van der Waals surface area contributed by atoms with Gasteiger partial charge in [0.15, 0.2) is 0 Å². The van der Waals surface area contributed by atoms with Gasteiger partial charge in [-0.2, -0.15) is 0 Å². The highest BCUT2D eigenvalue weighted by atomic mass is 16.5. The van der Waals surface area contributed by atoms with Gasteiger partial charge in [0, 0.05) is 11.2 Å². The Morgan fingerprint density at radius 2 is 1.37 bits per heavy atom. The van der Waals surface area contributed by atoms with E-state index in [0.29, 0.717) is 16.8 Å². The summed E-state index contributed by atoms with van der Waals surface area (Å²) >= 11 is 0. The molecule has 0 heterocycles. The van der Waals surface area contributed by atoms with E-state index in [4.69, 9.17) is 0 Å². The van der Waals surface area contributed by atoms with Gasteiger partial charge in [0.05, 0.1) is 25.3 Å². The van der Waals surface area contributed by atoms with E-state index in [0.717, 1.165) is 0 Å². The maximum atomic E-state index is 11.6. The number of methoxy groups -OCH3 is 2. The summed E-state index contributed by atoms with van der Waals surface area (Å²) in [5.41, 5.74) is 1.08. The van der Waals surface area contributed by atoms with Crippen molar-refractivity contribution in [2.45, 2.75) is 26.3 Å². The standard InChI is InChI=1S/C14H19NO4/c1-14(2,3)15-11-7-9(12(16)18-4)6-10(8-11)13(17)19-5/h6-8,15H,1-5H3. The first kappa shape index (κ1) is 15.0. The van der Waals surface area contributed by atoms with Crippen LogP contribution in [0.2, 0.25) is 0 Å². The third kappa shape index (κ3) is 4.28. The number of carbonyl (C=O) groups excluding carboxylic acids is 2. The molecule has 5 heteroatoms. The first-order valence-corrected chi connectivity index (χ1v) is 5.87. The van der Waals surface area contributed by atoms with Crippen LogP contribution >= 0.6 is 0 Å². The molecule has 0 amide bonds. The van der Waals surface area contributed by atoms with Crippen molar-refractivity contribution in [3.8, 4) is 0 Å². The first-order chi connectivity index (χ1) is 8.76. The Bertz CT molecular complexity index is 454. The average Bonchev–Trinajstić information content (AvgIpc) is 2.34. The fraction of sp³-hybridized carbons (Fsp3) is 0.429. The van der Waals surface area contributed by atoms with E-state index >= 15 is 0 Å². The van der Waals surface area contributed by atoms with Gasteiger partial charge in [-0.1, -0.05) is 0 Å². The monoisotopic (exact) mass is 265 g/mol. The van der Waals surface area contributed by atoms with Gasteiger partial charge in [-0.25, -0.2) is 9.59 Å². The van der Waals surface area contributed by atoms with Gasteiger partial charge in [-0.15, -0.1) is 0 Å². The predicted molar refractivity (Wildman–Crippen MR) is 72.5 cm³/mol. The Morgan fingerprint density at radius 3 is 1.68 bits per heavy atom. The fourth-order valence-electron chi connectivity index (χ4n) is 1.60. The summed E-state index contributed by atoms with van der Waals surface area (Å²) in [4.78, 5) is 23.2. The van der Waals surface area contributed by atoms with Crippen molar-refractivity contribution in [2.75, 3.05) is 19.5 Å². The molecule has 1 aromatic rings. The Hall–Kier alpha value is -2.04. The molecule has 5 nitrogen and oxygen atoms in total. The fourth-order valence-corrected chi connectivity index (χ4v) is 1.60. The molecule has 0 fully saturated rings. The molecule has 0 aromatic heterocycles. The lowest BCUT2D eigenvalue weighted by molar-refractivity contribution is 0.0599. The summed E-state index contributed by atoms with van der Waals surface area (Å²) in [6.07, 6.45) is 0. The number of anilines is 1. The number of hydrogen-bond acceptors (Lipinski definition) is 5. The number of ether oxygens (including phenoxy) is 2. The van der Waals surface area contributed by atoms with Crippen LogP contribution in [0.1, 0.15) is 41.5 Å². The van der Waals surface area contributed by atoms with Crippen LogP contribution in [0.25, 0.3) is 0 Å². The lowest BCUT2D eigenvalue weighted by Crippen LogP contribution is -2.26. The van der Waals surface area contributed by atoms with Crippen molar-refractivity contribution < 1.29 is 19.1 Å². The van der Waals surface area contributed by atoms with Crippen molar-refractivity contribution in [2.24, 2.45) is 0 Å². The Morgan fingerprint density at radius 1 is 0.947 bits per heavy atom. The molecule has 1 aromatic carbocycles. The summed E-state index contributed by atoms with van der Waals surface area (Å²) in [7, 11) is 2.59. The smallest absolute Gasteiger partial charge is 0.337 e. The van der Waals surface area contributed by atoms with Crippen LogP contribution in [0.5, 0.6) is 0 Å². The number of carbonyl (C=O) groups is 2. The number of nitrogens with one attached hydrogen (secondary N) is 1. The summed E-state index contributed by atoms with van der Waals surface area (Å²) in [5, 5.41) is 3.20. The van der Waals surface area contributed by atoms with Gasteiger partial charge in [0.1, 0.15) is 0 Å². The first-order valence-electron chi connectivity index (χ1n) is 5.87. The molecule has 0 radical (unpaired) electrons. The Kier molecular flexibility index (Phi) is 4.53. The molecule has 0 saturated carbocycles. The normalized spacial score (nSPS) is 10.8. The second-order valence-corrected chi connectivity index (χ2v) is 5.16. The van der Waals surface area contributed by atoms with Crippen LogP contribution in [0.15, 0.2) is 18.2 Å². The Labute approximate surface area is 112 Å². The zero-order valence-electron chi connectivity index (χ0n) is 11.9. The summed E-state index contributed by atoms with van der Waals surface area (Å²) < 4.78 is 9.34. The molecule has 0 bridgehead atoms. The van der Waals surface area contributed by atoms with Crippen molar-refractivity contribution in [3.05, 3.63) is 29.3 Å². The quantitative estimate of drug-likeness (QED) is 0.850. The molecule has 0 atom stereocenters. The summed E-state index contributed by atoms with van der Waals surface area (Å²) in [6.45, 7) is 5.95. The van der Waals surface area contributed by atoms with Crippen molar-refractivity contribution >= 4 is 17.6 Å². The van der Waals surface area contributed by atoms with Gasteiger partial charge in [0.2, 0.25) is 0 Å². The van der Waals surface area contributed by atoms with E-state index in [-0.39, 0.29) is 5.54 Å². The second-order valence-electron chi connectivity index (χ2n) is 5.16. The molecule has 0 saturated heterocycles. The highest BCUT2D eigenvalue weighted by Crippen LogP contribution is 2.20. The van der Waals surface area contributed by atoms with Crippen LogP contribution in [-0.2, 0) is 9.47 Å². The highest BCUT2D eigenvalue weighted by Gasteiger charge is 2.16. The van der Waals surface area contributed by atoms with E-state index in [1.54, 1.807) is 12.1 Å². The molecule has 0 unspecified atom stereocenters. The SMILES string of the molecule is COC(=O)c1cc(NC(C)(C)C)cc(C(=O)OC)c1. The largest absolute Gasteiger partial charge is 0.465 e. The van der Waals surface area contributed by atoms with E-state index in [9.17, 15) is 9.59 Å². The summed E-state index contributed by atoms with van der Waals surface area (Å²) in [6, 6.07) is 4.73. The molecular weight excluding hydrogens is 246 g/mol. The molecule has 19 heavy (non-hydrogen) atoms. The van der Waals surface area contributed by atoms with Gasteiger partial charge in [-0.05, 0) is 39.0 Å². The number of esters is 2. The predicted octanol–water partition coefficient (Wildman–Crippen LogP) is 2.47. The third-order valence-corrected chi connectivity index (χ3v) is 2.29. The van der Waals surface area contributed by atoms with Crippen molar-refractivity contribution in [1.82, 2.24) is 0 Å². The third-order valence-electron chi connectivity index (χ3n) is 2.29. The molecule has 0 aliphatic heterocycles. The number of benzene rings is 1. The maximum absolute atomic E-state index is 11.6. The minimum atomic E-state index is -0.497. The Balaban J connectivity index is 3.24. The highest BCUT2D eigenvalue weighted by molar-refractivity contribution is 5.97. The zero-order chi connectivity index (χ0) is 14.6. The van der Waals surface area contributed by atoms with E-state index < -0.39 is 11.9 Å². The molecule has 0 aliphatic carbocycles.